The maximum absolute atomic E-state index is 2.33. The molecule has 7 rings (SSSR count). The van der Waals surface area contributed by atoms with Crippen molar-refractivity contribution < 1.29 is 0 Å². The highest BCUT2D eigenvalue weighted by Crippen LogP contribution is 2.37. The molecule has 0 atom stereocenters. The molecule has 0 radical (unpaired) electrons. The standard InChI is InChI=1S/C52H48N2/c1-5-45-37-51(31-17-39(45)3)53(47-13-9-7-10-14-47)49-33-27-43(28-34-49)25-23-41-19-21-42(22-20-41)24-26-44-29-35-50(36-30-44)54(48-15-11-8-12-16-48)52-32-18-40(4)46(6-2)38-52/h7-38H,5-6H2,1-4H3/b25-23+,26-24+. The highest BCUT2D eigenvalue weighted by molar-refractivity contribution is 5.80. The second kappa shape index (κ2) is 17.0. The lowest BCUT2D eigenvalue weighted by atomic mass is 10.0. The number of nitrogens with zero attached hydrogens (tertiary/aromatic N) is 2. The van der Waals surface area contributed by atoms with Crippen molar-refractivity contribution in [2.45, 2.75) is 40.5 Å². The summed E-state index contributed by atoms with van der Waals surface area (Å²) >= 11 is 0. The Morgan fingerprint density at radius 1 is 0.333 bits per heavy atom. The second-order valence-corrected chi connectivity index (χ2v) is 13.8. The van der Waals surface area contributed by atoms with E-state index in [9.17, 15) is 0 Å². The Balaban J connectivity index is 1.03. The predicted octanol–water partition coefficient (Wildman–Crippen LogP) is 14.7. The SMILES string of the molecule is CCc1cc(N(c2ccccc2)c2ccc(/C=C/c3ccc(/C=C/c4ccc(N(c5ccccc5)c5ccc(C)c(CC)c5)cc4)cc3)cc2)ccc1C. The van der Waals surface area contributed by atoms with E-state index in [0.717, 1.165) is 46.7 Å². The molecule has 0 spiro atoms. The van der Waals surface area contributed by atoms with Crippen LogP contribution in [0, 0.1) is 13.8 Å². The Morgan fingerprint density at radius 3 is 0.926 bits per heavy atom. The normalized spacial score (nSPS) is 11.3. The fourth-order valence-corrected chi connectivity index (χ4v) is 6.98. The van der Waals surface area contributed by atoms with Gasteiger partial charge in [-0.05, 0) is 144 Å². The molecule has 2 nitrogen and oxygen atoms in total. The van der Waals surface area contributed by atoms with Crippen LogP contribution in [0.15, 0.2) is 170 Å². The van der Waals surface area contributed by atoms with Crippen LogP contribution in [0.5, 0.6) is 0 Å². The lowest BCUT2D eigenvalue weighted by Crippen LogP contribution is -2.10. The molecule has 0 unspecified atom stereocenters. The molecule has 2 heteroatoms. The highest BCUT2D eigenvalue weighted by Gasteiger charge is 2.15. The van der Waals surface area contributed by atoms with Crippen LogP contribution in [-0.2, 0) is 12.8 Å². The van der Waals surface area contributed by atoms with E-state index in [2.05, 4.69) is 232 Å². The summed E-state index contributed by atoms with van der Waals surface area (Å²) in [5.41, 5.74) is 17.0. The Morgan fingerprint density at radius 2 is 0.611 bits per heavy atom. The molecule has 0 heterocycles. The van der Waals surface area contributed by atoms with Crippen molar-refractivity contribution in [1.29, 1.82) is 0 Å². The molecule has 0 saturated heterocycles. The molecule has 54 heavy (non-hydrogen) atoms. The van der Waals surface area contributed by atoms with E-state index in [4.69, 9.17) is 0 Å². The lowest BCUT2D eigenvalue weighted by Gasteiger charge is -2.26. The quantitative estimate of drug-likeness (QED) is 0.117. The second-order valence-electron chi connectivity index (χ2n) is 13.8. The third-order valence-electron chi connectivity index (χ3n) is 10.1. The van der Waals surface area contributed by atoms with Gasteiger partial charge in [0.1, 0.15) is 0 Å². The molecule has 0 N–H and O–H groups in total. The number of hydrogen-bond acceptors (Lipinski definition) is 2. The molecule has 0 saturated carbocycles. The maximum atomic E-state index is 2.33. The van der Waals surface area contributed by atoms with Gasteiger partial charge in [0.25, 0.3) is 0 Å². The molecule has 0 amide bonds. The predicted molar refractivity (Wildman–Crippen MR) is 235 cm³/mol. The van der Waals surface area contributed by atoms with Crippen LogP contribution in [0.1, 0.15) is 58.4 Å². The highest BCUT2D eigenvalue weighted by atomic mass is 15.1. The number of para-hydroxylation sites is 2. The molecule has 0 fully saturated rings. The molecule has 7 aromatic carbocycles. The van der Waals surface area contributed by atoms with Gasteiger partial charge in [-0.25, -0.2) is 0 Å². The minimum absolute atomic E-state index is 1.01. The molecule has 266 valence electrons. The number of aryl methyl sites for hydroxylation is 4. The van der Waals surface area contributed by atoms with Crippen molar-refractivity contribution in [2.24, 2.45) is 0 Å². The molecule has 7 aromatic rings. The van der Waals surface area contributed by atoms with Crippen LogP contribution < -0.4 is 9.80 Å². The van der Waals surface area contributed by atoms with Crippen molar-refractivity contribution in [3.8, 4) is 0 Å². The molecule has 0 aliphatic rings. The van der Waals surface area contributed by atoms with Crippen LogP contribution in [0.2, 0.25) is 0 Å². The third kappa shape index (κ3) is 8.46. The number of benzene rings is 7. The van der Waals surface area contributed by atoms with Gasteiger partial charge < -0.3 is 9.80 Å². The van der Waals surface area contributed by atoms with Crippen LogP contribution in [0.25, 0.3) is 24.3 Å². The Kier molecular flexibility index (Phi) is 11.3. The summed E-state index contributed by atoms with van der Waals surface area (Å²) in [4.78, 5) is 4.67. The molecule has 0 aliphatic carbocycles. The van der Waals surface area contributed by atoms with Gasteiger partial charge in [-0.1, -0.05) is 135 Å². The average Bonchev–Trinajstić information content (AvgIpc) is 3.23. The van der Waals surface area contributed by atoms with Gasteiger partial charge in [0, 0.05) is 34.1 Å². The summed E-state index contributed by atoms with van der Waals surface area (Å²) in [5.74, 6) is 0. The van der Waals surface area contributed by atoms with Gasteiger partial charge in [0.05, 0.1) is 0 Å². The third-order valence-corrected chi connectivity index (χ3v) is 10.1. The molecule has 0 aromatic heterocycles. The molecular formula is C52H48N2. The summed E-state index contributed by atoms with van der Waals surface area (Å²) in [5, 5.41) is 0. The molecule has 0 bridgehead atoms. The summed E-state index contributed by atoms with van der Waals surface area (Å²) in [7, 11) is 0. The van der Waals surface area contributed by atoms with Gasteiger partial charge in [-0.2, -0.15) is 0 Å². The van der Waals surface area contributed by atoms with Crippen LogP contribution in [0.3, 0.4) is 0 Å². The van der Waals surface area contributed by atoms with Gasteiger partial charge in [0.2, 0.25) is 0 Å². The van der Waals surface area contributed by atoms with E-state index >= 15 is 0 Å². The summed E-state index contributed by atoms with van der Waals surface area (Å²) < 4.78 is 0. The zero-order chi connectivity index (χ0) is 37.3. The minimum atomic E-state index is 1.01. The summed E-state index contributed by atoms with van der Waals surface area (Å²) in [6.45, 7) is 8.82. The first-order valence-electron chi connectivity index (χ1n) is 19.0. The van der Waals surface area contributed by atoms with E-state index in [1.807, 2.05) is 0 Å². The largest absolute Gasteiger partial charge is 0.310 e. The van der Waals surface area contributed by atoms with Gasteiger partial charge >= 0.3 is 0 Å². The first-order valence-corrected chi connectivity index (χ1v) is 19.0. The Bertz CT molecular complexity index is 2170. The number of rotatable bonds is 12. The first-order chi connectivity index (χ1) is 26.5. The maximum Gasteiger partial charge on any atom is 0.0464 e. The minimum Gasteiger partial charge on any atom is -0.310 e. The van der Waals surface area contributed by atoms with Crippen molar-refractivity contribution in [3.63, 3.8) is 0 Å². The lowest BCUT2D eigenvalue weighted by molar-refractivity contribution is 1.10. The smallest absolute Gasteiger partial charge is 0.0464 e. The van der Waals surface area contributed by atoms with Gasteiger partial charge in [0.15, 0.2) is 0 Å². The summed E-state index contributed by atoms with van der Waals surface area (Å²) in [6.07, 6.45) is 10.8. The topological polar surface area (TPSA) is 6.48 Å². The fraction of sp³-hybridized carbons (Fsp3) is 0.115. The number of hydrogen-bond donors (Lipinski definition) is 0. The van der Waals surface area contributed by atoms with Crippen molar-refractivity contribution in [2.75, 3.05) is 9.80 Å². The van der Waals surface area contributed by atoms with E-state index in [1.54, 1.807) is 0 Å². The van der Waals surface area contributed by atoms with Gasteiger partial charge in [-0.15, -0.1) is 0 Å². The van der Waals surface area contributed by atoms with Crippen LogP contribution >= 0.6 is 0 Å². The van der Waals surface area contributed by atoms with Crippen LogP contribution in [0.4, 0.5) is 34.1 Å². The Labute approximate surface area is 322 Å². The Hall–Kier alpha value is -6.38. The molecule has 0 aliphatic heterocycles. The monoisotopic (exact) mass is 700 g/mol. The van der Waals surface area contributed by atoms with Crippen molar-refractivity contribution in [3.05, 3.63) is 214 Å². The van der Waals surface area contributed by atoms with Crippen molar-refractivity contribution in [1.82, 2.24) is 0 Å². The van der Waals surface area contributed by atoms with E-state index in [-0.39, 0.29) is 0 Å². The first kappa shape index (κ1) is 36.0. The fourth-order valence-electron chi connectivity index (χ4n) is 6.98. The molecular weight excluding hydrogens is 653 g/mol. The zero-order valence-electron chi connectivity index (χ0n) is 31.8. The summed E-state index contributed by atoms with van der Waals surface area (Å²) in [6, 6.07) is 61.1. The van der Waals surface area contributed by atoms with E-state index < -0.39 is 0 Å². The van der Waals surface area contributed by atoms with Crippen LogP contribution in [-0.4, -0.2) is 0 Å². The van der Waals surface area contributed by atoms with Gasteiger partial charge in [-0.3, -0.25) is 0 Å². The van der Waals surface area contributed by atoms with E-state index in [1.165, 1.54) is 44.8 Å². The van der Waals surface area contributed by atoms with Crippen molar-refractivity contribution >= 4 is 58.4 Å². The average molecular weight is 701 g/mol. The zero-order valence-corrected chi connectivity index (χ0v) is 31.8. The van der Waals surface area contributed by atoms with E-state index in [0.29, 0.717) is 0 Å². The number of anilines is 6.